The van der Waals surface area contributed by atoms with Crippen LogP contribution in [0.4, 0.5) is 0 Å². The van der Waals surface area contributed by atoms with E-state index in [0.29, 0.717) is 36.2 Å². The Labute approximate surface area is 297 Å². The van der Waals surface area contributed by atoms with Crippen molar-refractivity contribution in [3.63, 3.8) is 0 Å². The van der Waals surface area contributed by atoms with Gasteiger partial charge in [0.25, 0.3) is 0 Å². The predicted molar refractivity (Wildman–Crippen MR) is 200 cm³/mol. The maximum atomic E-state index is 12.2. The van der Waals surface area contributed by atoms with Crippen LogP contribution in [0.5, 0.6) is 23.0 Å². The molecule has 5 aliphatic carbocycles. The molecule has 4 atom stereocenters. The number of fused-ring (bicyclic) bond motifs is 8. The maximum absolute atomic E-state index is 12.2. The number of aromatic hydroxyl groups is 2. The zero-order valence-corrected chi connectivity index (χ0v) is 30.0. The minimum Gasteiger partial charge on any atom is -0.507 e. The Morgan fingerprint density at radius 3 is 1.08 bits per heavy atom. The van der Waals surface area contributed by atoms with Gasteiger partial charge in [0.15, 0.2) is 0 Å². The van der Waals surface area contributed by atoms with E-state index in [2.05, 4.69) is 48.5 Å². The van der Waals surface area contributed by atoms with Crippen LogP contribution in [-0.4, -0.2) is 24.4 Å². The van der Waals surface area contributed by atoms with E-state index in [9.17, 15) is 10.2 Å². The van der Waals surface area contributed by atoms with E-state index >= 15 is 0 Å². The van der Waals surface area contributed by atoms with Gasteiger partial charge in [-0.1, -0.05) is 61.4 Å². The zero-order valence-electron chi connectivity index (χ0n) is 30.0. The number of aryl methyl sites for hydroxylation is 4. The molecule has 0 unspecified atom stereocenters. The van der Waals surface area contributed by atoms with E-state index in [4.69, 9.17) is 9.47 Å². The standard InChI is InChI=1S/C46H52O4/c1-49-45-33-19-29-11-7-4-8-12-30-20-34(46(50-2)42(24-30)38-16-15-37(38)41(45)23-29)26-32-18-28-10-6-3-5-9-27-17-31(25-33)43(47)39(21-27)35-13-14-36(35)40(22-28)44(32)48/h17-24,35-38,47-48H,3-16,25-26H2,1-2H3/t35-,36+,37+,38-. The van der Waals surface area contributed by atoms with Crippen LogP contribution in [0.15, 0.2) is 48.5 Å². The van der Waals surface area contributed by atoms with Crippen molar-refractivity contribution in [2.24, 2.45) is 0 Å². The van der Waals surface area contributed by atoms with Crippen molar-refractivity contribution >= 4 is 0 Å². The minimum atomic E-state index is 0.181. The fraction of sp³-hybridized carbons (Fsp3) is 0.478. The largest absolute Gasteiger partial charge is 0.507 e. The monoisotopic (exact) mass is 668 g/mol. The second-order valence-electron chi connectivity index (χ2n) is 16.2. The van der Waals surface area contributed by atoms with Crippen molar-refractivity contribution in [2.45, 2.75) is 126 Å². The van der Waals surface area contributed by atoms with E-state index in [1.165, 1.54) is 50.9 Å². The molecule has 0 radical (unpaired) electrons. The van der Waals surface area contributed by atoms with E-state index < -0.39 is 0 Å². The van der Waals surface area contributed by atoms with Crippen LogP contribution < -0.4 is 9.47 Å². The molecule has 12 bridgehead atoms. The highest BCUT2D eigenvalue weighted by Crippen LogP contribution is 2.57. The molecule has 0 spiro atoms. The van der Waals surface area contributed by atoms with Gasteiger partial charge in [0.05, 0.1) is 14.2 Å². The topological polar surface area (TPSA) is 58.9 Å². The van der Waals surface area contributed by atoms with Gasteiger partial charge in [0, 0.05) is 12.8 Å². The molecule has 4 aromatic carbocycles. The van der Waals surface area contributed by atoms with Gasteiger partial charge in [0.1, 0.15) is 23.0 Å². The highest BCUT2D eigenvalue weighted by molar-refractivity contribution is 5.59. The lowest BCUT2D eigenvalue weighted by atomic mass is 9.64. The smallest absolute Gasteiger partial charge is 0.125 e. The lowest BCUT2D eigenvalue weighted by Gasteiger charge is -2.40. The Bertz CT molecular complexity index is 1820. The number of hydrogen-bond donors (Lipinski definition) is 2. The van der Waals surface area contributed by atoms with Crippen molar-refractivity contribution in [3.05, 3.63) is 115 Å². The molecule has 0 heterocycles. The fourth-order valence-corrected chi connectivity index (χ4v) is 10.4. The van der Waals surface area contributed by atoms with Crippen LogP contribution in [0.25, 0.3) is 0 Å². The lowest BCUT2D eigenvalue weighted by Crippen LogP contribution is -2.24. The number of rotatable bonds is 2. The van der Waals surface area contributed by atoms with E-state index in [1.807, 2.05) is 14.2 Å². The summed E-state index contributed by atoms with van der Waals surface area (Å²) in [6.45, 7) is 0. The Morgan fingerprint density at radius 2 is 0.740 bits per heavy atom. The number of hydrogen-bond acceptors (Lipinski definition) is 4. The molecule has 4 heteroatoms. The van der Waals surface area contributed by atoms with Crippen LogP contribution in [0.1, 0.15) is 155 Å². The summed E-state index contributed by atoms with van der Waals surface area (Å²) >= 11 is 0. The summed E-state index contributed by atoms with van der Waals surface area (Å²) in [4.78, 5) is 0. The highest BCUT2D eigenvalue weighted by atomic mass is 16.5. The molecule has 260 valence electrons. The molecule has 4 aromatic rings. The normalized spacial score (nSPS) is 23.9. The first kappa shape index (κ1) is 32.0. The molecule has 0 aliphatic heterocycles. The summed E-state index contributed by atoms with van der Waals surface area (Å²) in [6.07, 6.45) is 16.7. The Morgan fingerprint density at radius 1 is 0.420 bits per heavy atom. The Hall–Kier alpha value is -3.92. The maximum Gasteiger partial charge on any atom is 0.125 e. The van der Waals surface area contributed by atoms with Crippen molar-refractivity contribution in [1.29, 1.82) is 0 Å². The molecular weight excluding hydrogens is 617 g/mol. The average Bonchev–Trinajstić information content (AvgIpc) is 3.07. The third-order valence-corrected chi connectivity index (χ3v) is 13.2. The average molecular weight is 669 g/mol. The van der Waals surface area contributed by atoms with Gasteiger partial charge in [-0.05, 0) is 167 Å². The SMILES string of the molecule is COc1c2cc3cc1[C@H]1CC[C@H]1c1cc(cc(c1OC)Cc1cc4cc(c1O)[C@H]1CC[C@H]1c1cc(cc(c1O)C2)CCCCC4)CCCCC3. The minimum absolute atomic E-state index is 0.181. The number of phenols is 2. The molecule has 50 heavy (non-hydrogen) atoms. The van der Waals surface area contributed by atoms with Crippen LogP contribution in [0, 0.1) is 0 Å². The fourth-order valence-electron chi connectivity index (χ4n) is 10.4. The van der Waals surface area contributed by atoms with E-state index in [0.717, 1.165) is 117 Å². The van der Waals surface area contributed by atoms with Gasteiger partial charge in [-0.3, -0.25) is 0 Å². The van der Waals surface area contributed by atoms with Gasteiger partial charge in [0.2, 0.25) is 0 Å². The summed E-state index contributed by atoms with van der Waals surface area (Å²) in [5.74, 6) is 3.93. The van der Waals surface area contributed by atoms with Crippen molar-refractivity contribution in [3.8, 4) is 23.0 Å². The Kier molecular flexibility index (Phi) is 8.33. The molecule has 2 saturated carbocycles. The van der Waals surface area contributed by atoms with Gasteiger partial charge in [-0.2, -0.15) is 0 Å². The van der Waals surface area contributed by atoms with Gasteiger partial charge >= 0.3 is 0 Å². The van der Waals surface area contributed by atoms with Crippen molar-refractivity contribution in [2.75, 3.05) is 14.2 Å². The zero-order chi connectivity index (χ0) is 33.9. The molecule has 5 aliphatic rings. The third kappa shape index (κ3) is 5.49. The van der Waals surface area contributed by atoms with Crippen LogP contribution in [0.2, 0.25) is 0 Å². The van der Waals surface area contributed by atoms with Crippen molar-refractivity contribution < 1.29 is 19.7 Å². The van der Waals surface area contributed by atoms with Gasteiger partial charge in [-0.25, -0.2) is 0 Å². The molecule has 0 saturated heterocycles. The first-order chi connectivity index (χ1) is 24.5. The second-order valence-corrected chi connectivity index (χ2v) is 16.2. The molecule has 0 amide bonds. The number of phenolic OH excluding ortho intramolecular Hbond substituents is 2. The second kappa shape index (κ2) is 13.0. The lowest BCUT2D eigenvalue weighted by molar-refractivity contribution is 0.313. The third-order valence-electron chi connectivity index (χ3n) is 13.2. The first-order valence-electron chi connectivity index (χ1n) is 19.6. The first-order valence-corrected chi connectivity index (χ1v) is 19.6. The van der Waals surface area contributed by atoms with Crippen LogP contribution in [0.3, 0.4) is 0 Å². The summed E-state index contributed by atoms with van der Waals surface area (Å²) < 4.78 is 12.8. The summed E-state index contributed by atoms with van der Waals surface area (Å²) in [5.41, 5.74) is 14.7. The summed E-state index contributed by atoms with van der Waals surface area (Å²) in [5, 5.41) is 24.4. The molecule has 2 fully saturated rings. The number of benzene rings is 4. The van der Waals surface area contributed by atoms with E-state index in [-0.39, 0.29) is 11.8 Å². The summed E-state index contributed by atoms with van der Waals surface area (Å²) in [6, 6.07) is 18.9. The van der Waals surface area contributed by atoms with E-state index in [1.54, 1.807) is 0 Å². The molecule has 9 rings (SSSR count). The number of methoxy groups -OCH3 is 2. The quantitative estimate of drug-likeness (QED) is 0.223. The predicted octanol–water partition coefficient (Wildman–Crippen LogP) is 10.5. The van der Waals surface area contributed by atoms with Crippen LogP contribution >= 0.6 is 0 Å². The molecule has 2 N–H and O–H groups in total. The van der Waals surface area contributed by atoms with Crippen molar-refractivity contribution in [1.82, 2.24) is 0 Å². The van der Waals surface area contributed by atoms with Crippen LogP contribution in [-0.2, 0) is 38.5 Å². The van der Waals surface area contributed by atoms with Gasteiger partial charge in [-0.15, -0.1) is 0 Å². The highest BCUT2D eigenvalue weighted by Gasteiger charge is 2.40. The van der Waals surface area contributed by atoms with Gasteiger partial charge < -0.3 is 19.7 Å². The molecule has 4 nitrogen and oxygen atoms in total. The molecular formula is C46H52O4. The number of ether oxygens (including phenoxy) is 2. The Balaban J connectivity index is 1.33. The molecule has 0 aromatic heterocycles. The summed E-state index contributed by atoms with van der Waals surface area (Å²) in [7, 11) is 3.68.